The van der Waals surface area contributed by atoms with Crippen molar-refractivity contribution >= 4 is 38.1 Å². The Morgan fingerprint density at radius 3 is 2.84 bits per heavy atom. The fourth-order valence-electron chi connectivity index (χ4n) is 3.33. The lowest BCUT2D eigenvalue weighted by Gasteiger charge is -2.32. The van der Waals surface area contributed by atoms with Crippen molar-refractivity contribution in [3.63, 3.8) is 0 Å². The molecule has 2 aromatic carbocycles. The molecule has 2 heterocycles. The lowest BCUT2D eigenvalue weighted by Crippen LogP contribution is -2.28. The Labute approximate surface area is 189 Å². The molecule has 0 aliphatic carbocycles. The van der Waals surface area contributed by atoms with E-state index in [1.807, 2.05) is 6.92 Å². The highest BCUT2D eigenvalue weighted by molar-refractivity contribution is 7.93. The number of ether oxygens (including phenoxy) is 2. The Hall–Kier alpha value is -2.36. The van der Waals surface area contributed by atoms with E-state index in [1.54, 1.807) is 23.6 Å². The van der Waals surface area contributed by atoms with Crippen LogP contribution in [0.1, 0.15) is 37.0 Å². The Morgan fingerprint density at radius 1 is 1.32 bits per heavy atom. The number of hydrogen-bond acceptors (Lipinski definition) is 6. The molecule has 3 aromatic rings. The van der Waals surface area contributed by atoms with Crippen molar-refractivity contribution in [3.05, 3.63) is 64.1 Å². The average molecular weight is 483 g/mol. The third-order valence-electron chi connectivity index (χ3n) is 4.94. The van der Waals surface area contributed by atoms with Gasteiger partial charge in [-0.15, -0.1) is 11.3 Å². The molecular weight excluding hydrogens is 463 g/mol. The van der Waals surface area contributed by atoms with Gasteiger partial charge in [0.1, 0.15) is 30.4 Å². The first-order chi connectivity index (χ1) is 14.9. The molecule has 10 heteroatoms. The number of hydrogen-bond donors (Lipinski definition) is 1. The van der Waals surface area contributed by atoms with Gasteiger partial charge < -0.3 is 9.47 Å². The summed E-state index contributed by atoms with van der Waals surface area (Å²) in [5.74, 6) is 0.885. The molecule has 4 rings (SSSR count). The van der Waals surface area contributed by atoms with Crippen LogP contribution >= 0.6 is 22.9 Å². The quantitative estimate of drug-likeness (QED) is 0.464. The van der Waals surface area contributed by atoms with E-state index in [4.69, 9.17) is 21.1 Å². The number of aromatic nitrogens is 1. The molecule has 0 saturated heterocycles. The number of halogens is 2. The molecule has 1 aliphatic rings. The van der Waals surface area contributed by atoms with Crippen LogP contribution in [0.25, 0.3) is 0 Å². The Bertz CT molecular complexity index is 1170. The molecule has 0 spiro atoms. The summed E-state index contributed by atoms with van der Waals surface area (Å²) in [5.41, 5.74) is 1.20. The average Bonchev–Trinajstić information content (AvgIpc) is 3.26. The zero-order valence-corrected chi connectivity index (χ0v) is 18.9. The number of nitrogens with zero attached hydrogens (tertiary/aromatic N) is 1. The highest BCUT2D eigenvalue weighted by Crippen LogP contribution is 2.41. The Morgan fingerprint density at radius 2 is 2.16 bits per heavy atom. The third kappa shape index (κ3) is 4.78. The van der Waals surface area contributed by atoms with Crippen LogP contribution in [-0.4, -0.2) is 19.5 Å². The first kappa shape index (κ1) is 21.9. The molecule has 0 fully saturated rings. The largest absolute Gasteiger partial charge is 0.490 e. The van der Waals surface area contributed by atoms with Gasteiger partial charge in [-0.2, -0.15) is 0 Å². The van der Waals surface area contributed by atoms with E-state index >= 15 is 0 Å². The minimum absolute atomic E-state index is 0.0716. The molecule has 0 amide bonds. The molecule has 0 bridgehead atoms. The maximum atomic E-state index is 12.9. The van der Waals surface area contributed by atoms with Gasteiger partial charge in [-0.05, 0) is 30.2 Å². The third-order valence-corrected chi connectivity index (χ3v) is 7.39. The van der Waals surface area contributed by atoms with Crippen molar-refractivity contribution in [2.24, 2.45) is 0 Å². The van der Waals surface area contributed by atoms with Crippen LogP contribution in [0.4, 0.5) is 9.52 Å². The first-order valence-corrected chi connectivity index (χ1v) is 12.4. The number of sulfonamides is 1. The van der Waals surface area contributed by atoms with Crippen molar-refractivity contribution < 1.29 is 22.3 Å². The van der Waals surface area contributed by atoms with Gasteiger partial charge in [0.05, 0.1) is 9.92 Å². The van der Waals surface area contributed by atoms with Gasteiger partial charge in [0.25, 0.3) is 10.0 Å². The second-order valence-electron chi connectivity index (χ2n) is 7.03. The molecular formula is C21H20ClFN2O4S2. The molecule has 31 heavy (non-hydrogen) atoms. The Balaban J connectivity index is 1.64. The van der Waals surface area contributed by atoms with Crippen LogP contribution < -0.4 is 14.2 Å². The van der Waals surface area contributed by atoms with E-state index in [9.17, 15) is 12.8 Å². The summed E-state index contributed by atoms with van der Waals surface area (Å²) in [6, 6.07) is 9.50. The van der Waals surface area contributed by atoms with Crippen molar-refractivity contribution in [1.29, 1.82) is 0 Å². The van der Waals surface area contributed by atoms with Crippen molar-refractivity contribution in [1.82, 2.24) is 4.98 Å². The molecule has 6 nitrogen and oxygen atoms in total. The predicted octanol–water partition coefficient (Wildman–Crippen LogP) is 5.75. The molecule has 1 aliphatic heterocycles. The summed E-state index contributed by atoms with van der Waals surface area (Å²) < 4.78 is 53.0. The van der Waals surface area contributed by atoms with Crippen LogP contribution in [0.2, 0.25) is 5.02 Å². The number of alkyl halides is 1. The van der Waals surface area contributed by atoms with Crippen LogP contribution in [0.5, 0.6) is 11.5 Å². The standard InChI is InChI=1S/C21H20ClFN2O4S2/c1-2-14-10-19(29-18-6-3-13(12-23)9-17(18)22)16-5-4-15(11-20(16)28-14)31(26,27)25-21-24-7-8-30-21/h3-9,11,14,19H,2,10,12H2,1H3,(H,24,25)/t14-,19+/m0/s1. The minimum atomic E-state index is -3.81. The second-order valence-corrected chi connectivity index (χ2v) is 10.0. The van der Waals surface area contributed by atoms with Crippen LogP contribution in [0, 0.1) is 0 Å². The predicted molar refractivity (Wildman–Crippen MR) is 118 cm³/mol. The summed E-state index contributed by atoms with van der Waals surface area (Å²) in [6.45, 7) is 1.38. The molecule has 0 unspecified atom stereocenters. The number of thiazole rings is 1. The number of anilines is 1. The van der Waals surface area contributed by atoms with Gasteiger partial charge in [0.15, 0.2) is 5.13 Å². The van der Waals surface area contributed by atoms with Crippen molar-refractivity contribution in [2.45, 2.75) is 43.5 Å². The van der Waals surface area contributed by atoms with Gasteiger partial charge in [-0.1, -0.05) is 30.7 Å². The van der Waals surface area contributed by atoms with E-state index in [0.29, 0.717) is 28.5 Å². The van der Waals surface area contributed by atoms with E-state index in [1.165, 1.54) is 35.7 Å². The van der Waals surface area contributed by atoms with Gasteiger partial charge >= 0.3 is 0 Å². The number of fused-ring (bicyclic) bond motifs is 1. The fourth-order valence-corrected chi connectivity index (χ4v) is 5.38. The van der Waals surface area contributed by atoms with Gasteiger partial charge in [-0.3, -0.25) is 4.72 Å². The SMILES string of the molecule is CC[C@H]1C[C@@H](Oc2ccc(CF)cc2Cl)c2ccc(S(=O)(=O)Nc3nccs3)cc2O1. The van der Waals surface area contributed by atoms with Crippen LogP contribution in [-0.2, 0) is 16.7 Å². The topological polar surface area (TPSA) is 77.5 Å². The summed E-state index contributed by atoms with van der Waals surface area (Å²) in [7, 11) is -3.81. The molecule has 1 N–H and O–H groups in total. The van der Waals surface area contributed by atoms with Crippen molar-refractivity contribution in [3.8, 4) is 11.5 Å². The lowest BCUT2D eigenvalue weighted by atomic mass is 9.97. The molecule has 2 atom stereocenters. The maximum Gasteiger partial charge on any atom is 0.263 e. The fraction of sp³-hybridized carbons (Fsp3) is 0.286. The number of nitrogens with one attached hydrogen (secondary N) is 1. The molecule has 1 aromatic heterocycles. The summed E-state index contributed by atoms with van der Waals surface area (Å²) in [6.07, 6.45) is 2.30. The van der Waals surface area contributed by atoms with Crippen LogP contribution in [0.3, 0.4) is 0 Å². The number of rotatable bonds is 7. The summed E-state index contributed by atoms with van der Waals surface area (Å²) in [5, 5.41) is 2.30. The lowest BCUT2D eigenvalue weighted by molar-refractivity contribution is 0.0787. The van der Waals surface area contributed by atoms with E-state index in [2.05, 4.69) is 9.71 Å². The number of benzene rings is 2. The van der Waals surface area contributed by atoms with Gasteiger partial charge in [-0.25, -0.2) is 17.8 Å². The normalized spacial score (nSPS) is 18.2. The molecule has 164 valence electrons. The zero-order chi connectivity index (χ0) is 22.0. The highest BCUT2D eigenvalue weighted by atomic mass is 35.5. The van der Waals surface area contributed by atoms with E-state index in [-0.39, 0.29) is 22.2 Å². The van der Waals surface area contributed by atoms with Gasteiger partial charge in [0.2, 0.25) is 0 Å². The zero-order valence-electron chi connectivity index (χ0n) is 16.5. The van der Waals surface area contributed by atoms with E-state index in [0.717, 1.165) is 12.0 Å². The second kappa shape index (κ2) is 9.02. The Kier molecular flexibility index (Phi) is 6.36. The maximum absolute atomic E-state index is 12.9. The van der Waals surface area contributed by atoms with Crippen molar-refractivity contribution in [2.75, 3.05) is 4.72 Å². The highest BCUT2D eigenvalue weighted by Gasteiger charge is 2.31. The monoisotopic (exact) mass is 482 g/mol. The van der Waals surface area contributed by atoms with Gasteiger partial charge in [0, 0.05) is 29.6 Å². The van der Waals surface area contributed by atoms with E-state index < -0.39 is 16.7 Å². The van der Waals surface area contributed by atoms with Crippen LogP contribution in [0.15, 0.2) is 52.9 Å². The smallest absolute Gasteiger partial charge is 0.263 e. The summed E-state index contributed by atoms with van der Waals surface area (Å²) in [4.78, 5) is 4.03. The summed E-state index contributed by atoms with van der Waals surface area (Å²) >= 11 is 7.46. The molecule has 0 radical (unpaired) electrons. The first-order valence-electron chi connectivity index (χ1n) is 9.63. The minimum Gasteiger partial charge on any atom is -0.490 e. The molecule has 0 saturated carbocycles.